The van der Waals surface area contributed by atoms with Gasteiger partial charge in [0.25, 0.3) is 5.56 Å². The van der Waals surface area contributed by atoms with Crippen LogP contribution in [0, 0.1) is 0 Å². The minimum Gasteiger partial charge on any atom is -0.382 e. The van der Waals surface area contributed by atoms with Gasteiger partial charge in [0.2, 0.25) is 0 Å². The zero-order chi connectivity index (χ0) is 15.4. The molecule has 2 aromatic carbocycles. The summed E-state index contributed by atoms with van der Waals surface area (Å²) in [6.07, 6.45) is 0. The lowest BCUT2D eigenvalue weighted by molar-refractivity contribution is 0.689. The molecule has 3 aromatic rings. The Balaban J connectivity index is 1.77. The fraction of sp³-hybridized carbons (Fsp3) is 0.118. The first-order chi connectivity index (χ1) is 10.7. The number of benzene rings is 2. The van der Waals surface area contributed by atoms with Crippen LogP contribution in [-0.2, 0) is 13.1 Å². The Morgan fingerprint density at radius 1 is 0.955 bits per heavy atom. The smallest absolute Gasteiger partial charge is 0.289 e. The van der Waals surface area contributed by atoms with E-state index in [0.29, 0.717) is 24.6 Å². The van der Waals surface area contributed by atoms with Gasteiger partial charge in [0.05, 0.1) is 6.54 Å². The van der Waals surface area contributed by atoms with Gasteiger partial charge in [0.15, 0.2) is 0 Å². The van der Waals surface area contributed by atoms with Crippen molar-refractivity contribution in [2.24, 2.45) is 0 Å². The second-order valence-corrected chi connectivity index (χ2v) is 5.11. The summed E-state index contributed by atoms with van der Waals surface area (Å²) >= 11 is 0. The van der Waals surface area contributed by atoms with Crippen LogP contribution in [0.3, 0.4) is 0 Å². The van der Waals surface area contributed by atoms with Crippen LogP contribution in [-0.4, -0.2) is 9.78 Å². The Kier molecular flexibility index (Phi) is 3.96. The van der Waals surface area contributed by atoms with Crippen molar-refractivity contribution >= 4 is 11.5 Å². The Morgan fingerprint density at radius 2 is 1.55 bits per heavy atom. The number of hydrogen-bond acceptors (Lipinski definition) is 3. The van der Waals surface area contributed by atoms with Gasteiger partial charge in [-0.25, -0.2) is 0 Å². The number of hydrogen-bond donors (Lipinski definition) is 3. The number of H-pyrrole nitrogens is 1. The monoisotopic (exact) mass is 294 g/mol. The summed E-state index contributed by atoms with van der Waals surface area (Å²) in [4.78, 5) is 12.1. The molecule has 0 unspecified atom stereocenters. The largest absolute Gasteiger partial charge is 0.382 e. The molecular formula is C17H18N4O. The first kappa shape index (κ1) is 14.0. The molecule has 22 heavy (non-hydrogen) atoms. The Labute approximate surface area is 128 Å². The molecule has 0 bridgehead atoms. The summed E-state index contributed by atoms with van der Waals surface area (Å²) in [7, 11) is 0. The zero-order valence-electron chi connectivity index (χ0n) is 12.1. The molecule has 5 nitrogen and oxygen atoms in total. The zero-order valence-corrected chi connectivity index (χ0v) is 12.1. The molecule has 0 saturated carbocycles. The average Bonchev–Trinajstić information content (AvgIpc) is 2.81. The molecule has 0 amide bonds. The van der Waals surface area contributed by atoms with E-state index in [1.807, 2.05) is 60.7 Å². The highest BCUT2D eigenvalue weighted by molar-refractivity contribution is 5.61. The molecule has 0 saturated heterocycles. The molecule has 0 radical (unpaired) electrons. The fourth-order valence-corrected chi connectivity index (χ4v) is 2.34. The van der Waals surface area contributed by atoms with Crippen molar-refractivity contribution in [2.75, 3.05) is 11.1 Å². The second kappa shape index (κ2) is 6.22. The van der Waals surface area contributed by atoms with Gasteiger partial charge in [-0.1, -0.05) is 60.7 Å². The number of rotatable bonds is 5. The normalized spacial score (nSPS) is 10.5. The van der Waals surface area contributed by atoms with Gasteiger partial charge in [-0.05, 0) is 11.1 Å². The van der Waals surface area contributed by atoms with Crippen LogP contribution < -0.4 is 16.6 Å². The van der Waals surface area contributed by atoms with Gasteiger partial charge in [-0.3, -0.25) is 14.6 Å². The summed E-state index contributed by atoms with van der Waals surface area (Å²) in [5.74, 6) is 0.421. The number of aromatic amines is 1. The first-order valence-corrected chi connectivity index (χ1v) is 7.14. The van der Waals surface area contributed by atoms with E-state index in [4.69, 9.17) is 5.73 Å². The summed E-state index contributed by atoms with van der Waals surface area (Å²) in [6.45, 7) is 1.10. The molecule has 1 heterocycles. The van der Waals surface area contributed by atoms with Crippen LogP contribution in [0.5, 0.6) is 0 Å². The van der Waals surface area contributed by atoms with Gasteiger partial charge in [-0.15, -0.1) is 0 Å². The topological polar surface area (TPSA) is 75.8 Å². The molecule has 0 fully saturated rings. The van der Waals surface area contributed by atoms with Crippen LogP contribution >= 0.6 is 0 Å². The summed E-state index contributed by atoms with van der Waals surface area (Å²) in [5.41, 5.74) is 8.47. The third-order valence-electron chi connectivity index (χ3n) is 3.51. The lowest BCUT2D eigenvalue weighted by Crippen LogP contribution is -2.10. The molecule has 0 aliphatic carbocycles. The SMILES string of the molecule is Nc1c(NCc2ccccc2)c(=O)[nH]n1Cc1ccccc1. The molecule has 1 aromatic heterocycles. The van der Waals surface area contributed by atoms with Crippen molar-refractivity contribution in [3.63, 3.8) is 0 Å². The molecule has 3 rings (SSSR count). The summed E-state index contributed by atoms with van der Waals surface area (Å²) in [5, 5.41) is 5.89. The third-order valence-corrected chi connectivity index (χ3v) is 3.51. The number of nitrogen functional groups attached to an aromatic ring is 1. The third kappa shape index (κ3) is 3.03. The molecule has 0 spiro atoms. The van der Waals surface area contributed by atoms with Crippen molar-refractivity contribution in [1.82, 2.24) is 9.78 Å². The van der Waals surface area contributed by atoms with E-state index in [0.717, 1.165) is 11.1 Å². The van der Waals surface area contributed by atoms with Gasteiger partial charge in [0, 0.05) is 6.54 Å². The number of aromatic nitrogens is 2. The lowest BCUT2D eigenvalue weighted by Gasteiger charge is -2.07. The summed E-state index contributed by atoms with van der Waals surface area (Å²) < 4.78 is 1.66. The van der Waals surface area contributed by atoms with Crippen LogP contribution in [0.4, 0.5) is 11.5 Å². The van der Waals surface area contributed by atoms with Crippen molar-refractivity contribution in [2.45, 2.75) is 13.1 Å². The highest BCUT2D eigenvalue weighted by Crippen LogP contribution is 2.15. The minimum absolute atomic E-state index is 0.204. The van der Waals surface area contributed by atoms with Gasteiger partial charge in [-0.2, -0.15) is 0 Å². The van der Waals surface area contributed by atoms with Crippen LogP contribution in [0.15, 0.2) is 65.5 Å². The van der Waals surface area contributed by atoms with Crippen LogP contribution in [0.2, 0.25) is 0 Å². The number of nitrogens with zero attached hydrogens (tertiary/aromatic N) is 1. The molecular weight excluding hydrogens is 276 g/mol. The maximum atomic E-state index is 12.1. The lowest BCUT2D eigenvalue weighted by atomic mass is 10.2. The highest BCUT2D eigenvalue weighted by Gasteiger charge is 2.11. The maximum Gasteiger partial charge on any atom is 0.289 e. The summed E-state index contributed by atoms with van der Waals surface area (Å²) in [6, 6.07) is 19.7. The van der Waals surface area contributed by atoms with E-state index in [9.17, 15) is 4.79 Å². The molecule has 0 aliphatic heterocycles. The Hall–Kier alpha value is -2.95. The van der Waals surface area contributed by atoms with Gasteiger partial charge in [0.1, 0.15) is 11.5 Å². The maximum absolute atomic E-state index is 12.1. The van der Waals surface area contributed by atoms with E-state index < -0.39 is 0 Å². The molecule has 4 N–H and O–H groups in total. The van der Waals surface area contributed by atoms with Crippen LogP contribution in [0.25, 0.3) is 0 Å². The van der Waals surface area contributed by atoms with Crippen molar-refractivity contribution in [3.05, 3.63) is 82.1 Å². The molecule has 0 atom stereocenters. The van der Waals surface area contributed by atoms with Crippen molar-refractivity contribution in [1.29, 1.82) is 0 Å². The minimum atomic E-state index is -0.204. The molecule has 0 aliphatic rings. The fourth-order valence-electron chi connectivity index (χ4n) is 2.34. The van der Waals surface area contributed by atoms with E-state index >= 15 is 0 Å². The van der Waals surface area contributed by atoms with Crippen LogP contribution in [0.1, 0.15) is 11.1 Å². The first-order valence-electron chi connectivity index (χ1n) is 7.14. The molecule has 112 valence electrons. The van der Waals surface area contributed by atoms with E-state index in [1.165, 1.54) is 0 Å². The number of nitrogens with two attached hydrogens (primary N) is 1. The van der Waals surface area contributed by atoms with E-state index in [2.05, 4.69) is 10.4 Å². The standard InChI is InChI=1S/C17H18N4O/c18-16-15(19-11-13-7-3-1-4-8-13)17(22)20-21(16)12-14-9-5-2-6-10-14/h1-10,19H,11-12,18H2,(H,20,22). The second-order valence-electron chi connectivity index (χ2n) is 5.11. The highest BCUT2D eigenvalue weighted by atomic mass is 16.1. The van der Waals surface area contributed by atoms with Gasteiger partial charge < -0.3 is 11.1 Å². The Morgan fingerprint density at radius 3 is 2.18 bits per heavy atom. The van der Waals surface area contributed by atoms with Gasteiger partial charge >= 0.3 is 0 Å². The predicted octanol–water partition coefficient (Wildman–Crippen LogP) is 2.42. The van der Waals surface area contributed by atoms with Crippen molar-refractivity contribution in [3.8, 4) is 0 Å². The van der Waals surface area contributed by atoms with Crippen molar-refractivity contribution < 1.29 is 0 Å². The average molecular weight is 294 g/mol. The Bertz CT molecular complexity index is 791. The number of anilines is 2. The number of nitrogens with one attached hydrogen (secondary N) is 2. The molecule has 5 heteroatoms. The van der Waals surface area contributed by atoms with E-state index in [1.54, 1.807) is 4.68 Å². The quantitative estimate of drug-likeness (QED) is 0.676. The van der Waals surface area contributed by atoms with E-state index in [-0.39, 0.29) is 5.56 Å². The predicted molar refractivity (Wildman–Crippen MR) is 88.8 cm³/mol.